The van der Waals surface area contributed by atoms with Gasteiger partial charge in [-0.1, -0.05) is 17.7 Å². The SMILES string of the molecule is Cc1ccc(-n2ncc3c(NNC(=O)c4ccncc4)ncnc32)cc1Cl. The number of nitrogens with one attached hydrogen (secondary N) is 2. The van der Waals surface area contributed by atoms with Crippen LogP contribution in [0.4, 0.5) is 5.82 Å². The molecule has 4 rings (SSSR count). The van der Waals surface area contributed by atoms with Crippen molar-refractivity contribution in [1.29, 1.82) is 0 Å². The zero-order chi connectivity index (χ0) is 18.8. The summed E-state index contributed by atoms with van der Waals surface area (Å²) in [5.41, 5.74) is 8.26. The standard InChI is InChI=1S/C18H14ClN7O/c1-11-2-3-13(8-15(11)19)26-17-14(9-23-26)16(21-10-22-17)24-25-18(27)12-4-6-20-7-5-12/h2-10H,1H3,(H,25,27)(H,21,22,24). The van der Waals surface area contributed by atoms with Crippen LogP contribution in [-0.4, -0.2) is 30.6 Å². The fraction of sp³-hybridized carbons (Fsp3) is 0.0556. The second-order valence-electron chi connectivity index (χ2n) is 5.76. The topological polar surface area (TPSA) is 97.6 Å². The van der Waals surface area contributed by atoms with Crippen LogP contribution in [0.5, 0.6) is 0 Å². The van der Waals surface area contributed by atoms with Gasteiger partial charge < -0.3 is 0 Å². The van der Waals surface area contributed by atoms with Crippen molar-refractivity contribution in [2.45, 2.75) is 6.92 Å². The molecule has 27 heavy (non-hydrogen) atoms. The minimum Gasteiger partial charge on any atom is -0.281 e. The maximum atomic E-state index is 12.2. The molecular formula is C18H14ClN7O. The van der Waals surface area contributed by atoms with Gasteiger partial charge in [-0.2, -0.15) is 5.10 Å². The number of hydrazine groups is 1. The summed E-state index contributed by atoms with van der Waals surface area (Å²) in [6.45, 7) is 1.93. The van der Waals surface area contributed by atoms with E-state index in [1.807, 2.05) is 25.1 Å². The van der Waals surface area contributed by atoms with Crippen molar-refractivity contribution in [3.63, 3.8) is 0 Å². The van der Waals surface area contributed by atoms with Gasteiger partial charge in [0.2, 0.25) is 0 Å². The van der Waals surface area contributed by atoms with Gasteiger partial charge in [-0.25, -0.2) is 14.6 Å². The number of amides is 1. The Balaban J connectivity index is 1.63. The fourth-order valence-electron chi connectivity index (χ4n) is 2.54. The van der Waals surface area contributed by atoms with E-state index in [4.69, 9.17) is 11.6 Å². The molecule has 4 aromatic rings. The van der Waals surface area contributed by atoms with E-state index in [0.717, 1.165) is 11.3 Å². The highest BCUT2D eigenvalue weighted by Crippen LogP contribution is 2.24. The number of anilines is 1. The molecule has 0 unspecified atom stereocenters. The molecule has 3 aromatic heterocycles. The first-order valence-electron chi connectivity index (χ1n) is 8.05. The Morgan fingerprint density at radius 2 is 1.96 bits per heavy atom. The summed E-state index contributed by atoms with van der Waals surface area (Å²) in [5.74, 6) is 0.133. The van der Waals surface area contributed by atoms with Gasteiger partial charge >= 0.3 is 0 Å². The summed E-state index contributed by atoms with van der Waals surface area (Å²) in [6.07, 6.45) is 6.13. The number of nitrogens with zero attached hydrogens (tertiary/aromatic N) is 5. The number of aryl methyl sites for hydroxylation is 1. The smallest absolute Gasteiger partial charge is 0.269 e. The zero-order valence-electron chi connectivity index (χ0n) is 14.2. The molecule has 134 valence electrons. The third-order valence-electron chi connectivity index (χ3n) is 4.00. The predicted octanol–water partition coefficient (Wildman–Crippen LogP) is 2.93. The molecule has 0 spiro atoms. The van der Waals surface area contributed by atoms with E-state index in [9.17, 15) is 4.79 Å². The van der Waals surface area contributed by atoms with E-state index in [2.05, 4.69) is 30.9 Å². The van der Waals surface area contributed by atoms with Crippen molar-refractivity contribution < 1.29 is 4.79 Å². The highest BCUT2D eigenvalue weighted by atomic mass is 35.5. The zero-order valence-corrected chi connectivity index (χ0v) is 15.0. The van der Waals surface area contributed by atoms with Gasteiger partial charge in [-0.3, -0.25) is 20.6 Å². The minimum absolute atomic E-state index is 0.304. The molecule has 0 radical (unpaired) electrons. The van der Waals surface area contributed by atoms with Gasteiger partial charge in [0, 0.05) is 23.0 Å². The second kappa shape index (κ2) is 7.00. The van der Waals surface area contributed by atoms with Crippen molar-refractivity contribution in [1.82, 2.24) is 30.2 Å². The highest BCUT2D eigenvalue weighted by molar-refractivity contribution is 6.31. The fourth-order valence-corrected chi connectivity index (χ4v) is 2.71. The number of carbonyl (C=O) groups excluding carboxylic acids is 1. The Morgan fingerprint density at radius 1 is 1.15 bits per heavy atom. The highest BCUT2D eigenvalue weighted by Gasteiger charge is 2.13. The molecular weight excluding hydrogens is 366 g/mol. The number of carbonyl (C=O) groups is 1. The lowest BCUT2D eigenvalue weighted by atomic mass is 10.2. The van der Waals surface area contributed by atoms with Gasteiger partial charge in [-0.15, -0.1) is 0 Å². The molecule has 0 saturated carbocycles. The van der Waals surface area contributed by atoms with Crippen LogP contribution >= 0.6 is 11.6 Å². The number of benzene rings is 1. The van der Waals surface area contributed by atoms with E-state index in [-0.39, 0.29) is 5.91 Å². The normalized spacial score (nSPS) is 10.7. The largest absolute Gasteiger partial charge is 0.281 e. The first kappa shape index (κ1) is 16.9. The molecule has 2 N–H and O–H groups in total. The van der Waals surface area contributed by atoms with E-state index >= 15 is 0 Å². The van der Waals surface area contributed by atoms with Crippen LogP contribution in [0.25, 0.3) is 16.7 Å². The number of halogens is 1. The van der Waals surface area contributed by atoms with E-state index in [0.29, 0.717) is 27.4 Å². The van der Waals surface area contributed by atoms with Crippen LogP contribution in [0.3, 0.4) is 0 Å². The molecule has 0 aliphatic rings. The quantitative estimate of drug-likeness (QED) is 0.529. The summed E-state index contributed by atoms with van der Waals surface area (Å²) >= 11 is 6.22. The lowest BCUT2D eigenvalue weighted by Gasteiger charge is -2.09. The minimum atomic E-state index is -0.304. The van der Waals surface area contributed by atoms with Crippen LogP contribution in [-0.2, 0) is 0 Å². The van der Waals surface area contributed by atoms with Crippen molar-refractivity contribution in [3.05, 3.63) is 71.4 Å². The summed E-state index contributed by atoms with van der Waals surface area (Å²) < 4.78 is 1.66. The van der Waals surface area contributed by atoms with Gasteiger partial charge in [0.05, 0.1) is 17.3 Å². The van der Waals surface area contributed by atoms with Gasteiger partial charge in [-0.05, 0) is 36.8 Å². The number of hydrogen-bond acceptors (Lipinski definition) is 6. The molecule has 0 fully saturated rings. The molecule has 8 nitrogen and oxygen atoms in total. The van der Waals surface area contributed by atoms with E-state index in [1.54, 1.807) is 35.4 Å². The second-order valence-corrected chi connectivity index (χ2v) is 6.17. The number of hydrogen-bond donors (Lipinski definition) is 2. The van der Waals surface area contributed by atoms with Crippen LogP contribution in [0.1, 0.15) is 15.9 Å². The Kier molecular flexibility index (Phi) is 4.39. The summed E-state index contributed by atoms with van der Waals surface area (Å²) in [4.78, 5) is 24.5. The first-order chi connectivity index (χ1) is 13.1. The molecule has 0 aliphatic heterocycles. The molecule has 0 saturated heterocycles. The Bertz CT molecular complexity index is 1130. The third-order valence-corrected chi connectivity index (χ3v) is 4.41. The van der Waals surface area contributed by atoms with Crippen LogP contribution in [0.15, 0.2) is 55.2 Å². The average molecular weight is 380 g/mol. The molecule has 0 aliphatic carbocycles. The molecule has 1 aromatic carbocycles. The van der Waals surface area contributed by atoms with Crippen LogP contribution in [0.2, 0.25) is 5.02 Å². The van der Waals surface area contributed by atoms with Crippen molar-refractivity contribution >= 4 is 34.4 Å². The molecule has 9 heteroatoms. The molecule has 3 heterocycles. The van der Waals surface area contributed by atoms with Crippen molar-refractivity contribution in [2.75, 3.05) is 5.43 Å². The van der Waals surface area contributed by atoms with E-state index < -0.39 is 0 Å². The van der Waals surface area contributed by atoms with Crippen LogP contribution < -0.4 is 10.9 Å². The number of fused-ring (bicyclic) bond motifs is 1. The maximum Gasteiger partial charge on any atom is 0.269 e. The summed E-state index contributed by atoms with van der Waals surface area (Å²) in [6, 6.07) is 8.88. The van der Waals surface area contributed by atoms with Crippen molar-refractivity contribution in [3.8, 4) is 5.69 Å². The van der Waals surface area contributed by atoms with Gasteiger partial charge in [0.25, 0.3) is 5.91 Å². The lowest BCUT2D eigenvalue weighted by molar-refractivity contribution is 0.0962. The number of aromatic nitrogens is 5. The third kappa shape index (κ3) is 3.30. The summed E-state index contributed by atoms with van der Waals surface area (Å²) in [5, 5.41) is 5.68. The monoisotopic (exact) mass is 379 g/mol. The number of pyridine rings is 1. The van der Waals surface area contributed by atoms with Crippen molar-refractivity contribution in [2.24, 2.45) is 0 Å². The summed E-state index contributed by atoms with van der Waals surface area (Å²) in [7, 11) is 0. The van der Waals surface area contributed by atoms with Crippen LogP contribution in [0, 0.1) is 6.92 Å². The Morgan fingerprint density at radius 3 is 2.74 bits per heavy atom. The molecule has 0 bridgehead atoms. The lowest BCUT2D eigenvalue weighted by Crippen LogP contribution is -2.29. The predicted molar refractivity (Wildman–Crippen MR) is 102 cm³/mol. The first-order valence-corrected chi connectivity index (χ1v) is 8.43. The van der Waals surface area contributed by atoms with Gasteiger partial charge in [0.1, 0.15) is 6.33 Å². The van der Waals surface area contributed by atoms with E-state index in [1.165, 1.54) is 6.33 Å². The maximum absolute atomic E-state index is 12.2. The van der Waals surface area contributed by atoms with Gasteiger partial charge in [0.15, 0.2) is 11.5 Å². The average Bonchev–Trinajstić information content (AvgIpc) is 3.13. The molecule has 1 amide bonds. The Hall–Kier alpha value is -3.52. The molecule has 0 atom stereocenters. The Labute approximate surface area is 159 Å². The number of rotatable bonds is 4.